The Morgan fingerprint density at radius 1 is 1.12 bits per heavy atom. The third-order valence-electron chi connectivity index (χ3n) is 7.47. The van der Waals surface area contributed by atoms with Crippen molar-refractivity contribution >= 4 is 56.8 Å². The molecule has 2 unspecified atom stereocenters. The smallest absolute Gasteiger partial charge is 0.331 e. The summed E-state index contributed by atoms with van der Waals surface area (Å²) in [6, 6.07) is 9.89. The van der Waals surface area contributed by atoms with Gasteiger partial charge in [0, 0.05) is 19.6 Å². The molecule has 1 aliphatic heterocycles. The van der Waals surface area contributed by atoms with Gasteiger partial charge in [0.1, 0.15) is 0 Å². The predicted molar refractivity (Wildman–Crippen MR) is 151 cm³/mol. The number of carbonyl (C=O) groups is 3. The monoisotopic (exact) mass is 594 g/mol. The van der Waals surface area contributed by atoms with Crippen LogP contribution in [0.25, 0.3) is 10.8 Å². The van der Waals surface area contributed by atoms with E-state index in [0.717, 1.165) is 18.2 Å². The number of benzene rings is 2. The highest BCUT2D eigenvalue weighted by Crippen LogP contribution is 2.40. The average Bonchev–Trinajstić information content (AvgIpc) is 3.76. The molecular formula is C26H35ClN6O6S. The molecule has 12 nitrogen and oxygen atoms in total. The molecule has 0 bridgehead atoms. The van der Waals surface area contributed by atoms with Gasteiger partial charge in [-0.05, 0) is 60.4 Å². The molecule has 14 heteroatoms. The summed E-state index contributed by atoms with van der Waals surface area (Å²) in [5, 5.41) is 21.6. The fraction of sp³-hybridized carbons (Fsp3) is 0.462. The second kappa shape index (κ2) is 12.5. The van der Waals surface area contributed by atoms with Crippen LogP contribution in [0.2, 0.25) is 0 Å². The van der Waals surface area contributed by atoms with Crippen LogP contribution in [-0.4, -0.2) is 73.3 Å². The second-order valence-corrected chi connectivity index (χ2v) is 12.1. The minimum Gasteiger partial charge on any atom is -0.480 e. The maximum absolute atomic E-state index is 13.5. The van der Waals surface area contributed by atoms with E-state index in [9.17, 15) is 27.9 Å². The number of fused-ring (bicyclic) bond motifs is 1. The van der Waals surface area contributed by atoms with Crippen molar-refractivity contribution in [2.24, 2.45) is 23.3 Å². The van der Waals surface area contributed by atoms with E-state index in [0.29, 0.717) is 31.3 Å². The summed E-state index contributed by atoms with van der Waals surface area (Å²) >= 11 is 0. The van der Waals surface area contributed by atoms with Crippen molar-refractivity contribution in [2.75, 3.05) is 19.6 Å². The first-order chi connectivity index (χ1) is 18.4. The van der Waals surface area contributed by atoms with Crippen molar-refractivity contribution in [3.63, 3.8) is 0 Å². The first-order valence-electron chi connectivity index (χ1n) is 12.8. The predicted octanol–water partition coefficient (Wildman–Crippen LogP) is 0.781. The zero-order chi connectivity index (χ0) is 28.4. The largest absolute Gasteiger partial charge is 0.480 e. The van der Waals surface area contributed by atoms with Gasteiger partial charge in [-0.1, -0.05) is 30.3 Å². The average molecular weight is 595 g/mol. The number of nitrogens with zero attached hydrogens (tertiary/aromatic N) is 1. The topological polar surface area (TPSA) is 209 Å². The molecule has 1 aliphatic carbocycles. The van der Waals surface area contributed by atoms with E-state index < -0.39 is 51.6 Å². The Kier molecular flexibility index (Phi) is 9.77. The Balaban J connectivity index is 0.00000441. The summed E-state index contributed by atoms with van der Waals surface area (Å²) in [6.07, 6.45) is 1.81. The molecule has 0 aromatic heterocycles. The SMILES string of the molecule is Cl.N=C(N)N1CCCC(CNC(=O)C[C@@H](NS(=O)(=O)c2ccc3ccccc3c2)C(=O)C(N)(C(=O)O)C2CC2)C1. The molecule has 218 valence electrons. The Bertz CT molecular complexity index is 1400. The van der Waals surface area contributed by atoms with Crippen LogP contribution in [0.3, 0.4) is 0 Å². The fourth-order valence-electron chi connectivity index (χ4n) is 5.05. The lowest BCUT2D eigenvalue weighted by molar-refractivity contribution is -0.150. The Morgan fingerprint density at radius 2 is 1.80 bits per heavy atom. The van der Waals surface area contributed by atoms with E-state index >= 15 is 0 Å². The molecule has 2 aliphatic rings. The first-order valence-corrected chi connectivity index (χ1v) is 14.3. The van der Waals surface area contributed by atoms with E-state index in [4.69, 9.17) is 16.9 Å². The lowest BCUT2D eigenvalue weighted by Gasteiger charge is -2.33. The van der Waals surface area contributed by atoms with E-state index in [-0.39, 0.29) is 35.7 Å². The van der Waals surface area contributed by atoms with Gasteiger partial charge in [0.15, 0.2) is 17.3 Å². The van der Waals surface area contributed by atoms with Gasteiger partial charge in [0.25, 0.3) is 0 Å². The molecule has 1 heterocycles. The van der Waals surface area contributed by atoms with Gasteiger partial charge in [-0.25, -0.2) is 17.9 Å². The van der Waals surface area contributed by atoms with Crippen LogP contribution in [0.15, 0.2) is 47.4 Å². The van der Waals surface area contributed by atoms with Gasteiger partial charge < -0.3 is 26.8 Å². The summed E-state index contributed by atoms with van der Waals surface area (Å²) in [5.41, 5.74) is 9.34. The van der Waals surface area contributed by atoms with Crippen molar-refractivity contribution < 1.29 is 27.9 Å². The summed E-state index contributed by atoms with van der Waals surface area (Å²) in [7, 11) is -4.33. The number of carboxylic acids is 1. The highest BCUT2D eigenvalue weighted by molar-refractivity contribution is 7.89. The minimum atomic E-state index is -4.33. The van der Waals surface area contributed by atoms with Crippen molar-refractivity contribution in [3.8, 4) is 0 Å². The number of nitrogens with two attached hydrogens (primary N) is 2. The number of guanidine groups is 1. The highest BCUT2D eigenvalue weighted by atomic mass is 35.5. The van der Waals surface area contributed by atoms with E-state index in [2.05, 4.69) is 10.0 Å². The van der Waals surface area contributed by atoms with Gasteiger partial charge in [-0.2, -0.15) is 0 Å². The number of sulfonamides is 1. The molecule has 2 aromatic rings. The van der Waals surface area contributed by atoms with Crippen molar-refractivity contribution in [3.05, 3.63) is 42.5 Å². The molecule has 8 N–H and O–H groups in total. The Hall–Kier alpha value is -3.26. The van der Waals surface area contributed by atoms with E-state index in [1.807, 2.05) is 12.1 Å². The highest BCUT2D eigenvalue weighted by Gasteiger charge is 2.56. The minimum absolute atomic E-state index is 0. The maximum atomic E-state index is 13.5. The zero-order valence-electron chi connectivity index (χ0n) is 21.8. The summed E-state index contributed by atoms with van der Waals surface area (Å²) < 4.78 is 29.0. The number of ketones is 1. The van der Waals surface area contributed by atoms with Crippen molar-refractivity contribution in [1.82, 2.24) is 14.9 Å². The quantitative estimate of drug-likeness (QED) is 0.123. The lowest BCUT2D eigenvalue weighted by atomic mass is 9.84. The molecule has 1 saturated carbocycles. The summed E-state index contributed by atoms with van der Waals surface area (Å²) in [5.74, 6) is -3.92. The van der Waals surface area contributed by atoms with Crippen LogP contribution >= 0.6 is 12.4 Å². The van der Waals surface area contributed by atoms with Crippen LogP contribution in [0, 0.1) is 17.2 Å². The third kappa shape index (κ3) is 6.89. The fourth-order valence-corrected chi connectivity index (χ4v) is 6.28. The van der Waals surface area contributed by atoms with Crippen LogP contribution in [0.4, 0.5) is 0 Å². The van der Waals surface area contributed by atoms with Gasteiger partial charge in [0.05, 0.1) is 17.4 Å². The number of rotatable bonds is 11. The Labute approximate surface area is 238 Å². The number of aliphatic carboxylic acids is 1. The number of amides is 1. The number of likely N-dealkylation sites (tertiary alicyclic amines) is 1. The van der Waals surface area contributed by atoms with Gasteiger partial charge >= 0.3 is 5.97 Å². The molecule has 1 saturated heterocycles. The molecule has 3 atom stereocenters. The zero-order valence-corrected chi connectivity index (χ0v) is 23.5. The number of Topliss-reactive ketones (excluding diaryl/α,β-unsaturated/α-hetero) is 1. The van der Waals surface area contributed by atoms with Crippen LogP contribution in [0.5, 0.6) is 0 Å². The van der Waals surface area contributed by atoms with Gasteiger partial charge in [-0.15, -0.1) is 12.4 Å². The number of piperidine rings is 1. The lowest BCUT2D eigenvalue weighted by Crippen LogP contribution is -2.63. The molecular weight excluding hydrogens is 560 g/mol. The number of hydrogen-bond acceptors (Lipinski definition) is 7. The molecule has 40 heavy (non-hydrogen) atoms. The normalized spacial score (nSPS) is 19.6. The van der Waals surface area contributed by atoms with Crippen molar-refractivity contribution in [2.45, 2.75) is 48.6 Å². The number of halogens is 1. The van der Waals surface area contributed by atoms with Crippen molar-refractivity contribution in [1.29, 1.82) is 5.41 Å². The van der Waals surface area contributed by atoms with Gasteiger partial charge in [-0.3, -0.25) is 15.0 Å². The van der Waals surface area contributed by atoms with E-state index in [1.54, 1.807) is 23.1 Å². The second-order valence-electron chi connectivity index (χ2n) is 10.3. The third-order valence-corrected chi connectivity index (χ3v) is 8.93. The molecule has 2 fully saturated rings. The van der Waals surface area contributed by atoms with Crippen LogP contribution in [0.1, 0.15) is 32.1 Å². The Morgan fingerprint density at radius 3 is 2.42 bits per heavy atom. The molecule has 2 aromatic carbocycles. The number of nitrogens with one attached hydrogen (secondary N) is 3. The first kappa shape index (κ1) is 31.3. The summed E-state index contributed by atoms with van der Waals surface area (Å²) in [6.45, 7) is 1.37. The van der Waals surface area contributed by atoms with Crippen LogP contribution in [-0.2, 0) is 24.4 Å². The molecule has 0 radical (unpaired) electrons. The number of carboxylic acid groups (broad SMARTS) is 1. The molecule has 0 spiro atoms. The maximum Gasteiger partial charge on any atom is 0.331 e. The van der Waals surface area contributed by atoms with Gasteiger partial charge in [0.2, 0.25) is 15.9 Å². The number of carbonyl (C=O) groups excluding carboxylic acids is 2. The van der Waals surface area contributed by atoms with Crippen LogP contribution < -0.4 is 21.5 Å². The number of hydrogen-bond donors (Lipinski definition) is 6. The standard InChI is InChI=1S/C26H34N6O6S.ClH/c27-25(28)32-11-3-4-16(15-32)14-30-22(33)13-21(23(34)26(29,24(35)36)19-8-9-19)31-39(37,38)20-10-7-17-5-1-2-6-18(17)12-20;/h1-2,5-7,10,12,16,19,21,31H,3-4,8-9,11,13-15,29H2,(H3,27,28)(H,30,33)(H,35,36);1H/t16?,21-,26?;/m1./s1. The molecule has 4 rings (SSSR count). The molecule has 1 amide bonds. The summed E-state index contributed by atoms with van der Waals surface area (Å²) in [4.78, 5) is 40.1. The van der Waals surface area contributed by atoms with E-state index in [1.165, 1.54) is 12.1 Å².